The summed E-state index contributed by atoms with van der Waals surface area (Å²) >= 11 is 0. The number of benzene rings is 12. The lowest BCUT2D eigenvalue weighted by Crippen LogP contribution is -2.55. The van der Waals surface area contributed by atoms with Crippen molar-refractivity contribution < 1.29 is 103 Å². The minimum absolute atomic E-state index is 0.0190. The fourth-order valence-electron chi connectivity index (χ4n) is 15.9. The van der Waals surface area contributed by atoms with Crippen molar-refractivity contribution in [1.82, 2.24) is 0 Å². The molecule has 25 heteroatoms. The highest BCUT2D eigenvalue weighted by atomic mass is 31.2. The van der Waals surface area contributed by atoms with Crippen LogP contribution in [0.4, 0.5) is 30.2 Å². The number of hydrogen-bond donors (Lipinski definition) is 13. The van der Waals surface area contributed by atoms with Gasteiger partial charge in [-0.2, -0.15) is 0 Å². The number of β-lactam (4-membered cyclic amide) rings is 3. The maximum Gasteiger partial charge on any atom is 0.356 e. The van der Waals surface area contributed by atoms with E-state index in [0.717, 1.165) is 16.7 Å². The Bertz CT molecular complexity index is 5590. The summed E-state index contributed by atoms with van der Waals surface area (Å²) in [6.07, 6.45) is -8.99. The van der Waals surface area contributed by atoms with Crippen molar-refractivity contribution >= 4 is 47.7 Å². The topological polar surface area (TPSA) is 350 Å². The minimum atomic E-state index is -4.37. The number of ether oxygens (including phenoxy) is 1. The van der Waals surface area contributed by atoms with Crippen LogP contribution in [0.1, 0.15) is 101 Å². The summed E-state index contributed by atoms with van der Waals surface area (Å²) in [5, 5.41) is 116. The van der Waals surface area contributed by atoms with Crippen LogP contribution in [0, 0.1) is 35.2 Å². The van der Waals surface area contributed by atoms with Gasteiger partial charge in [0.15, 0.2) is 0 Å². The molecule has 0 aliphatic carbocycles. The number of amides is 3. The van der Waals surface area contributed by atoms with Gasteiger partial charge >= 0.3 is 7.60 Å². The van der Waals surface area contributed by atoms with Gasteiger partial charge < -0.3 is 85.4 Å². The van der Waals surface area contributed by atoms with E-state index < -0.39 is 116 Å². The first-order chi connectivity index (χ1) is 56.7. The molecule has 16 rings (SSSR count). The second-order valence-corrected chi connectivity index (χ2v) is 31.1. The number of carbonyl (C=O) groups is 3. The molecule has 0 aromatic heterocycles. The Morgan fingerprint density at radius 1 is 0.364 bits per heavy atom. The van der Waals surface area contributed by atoms with Gasteiger partial charge in [0, 0.05) is 33.8 Å². The average molecular weight is 1620 g/mol. The van der Waals surface area contributed by atoms with E-state index in [0.29, 0.717) is 72.7 Å². The number of phenolic OH excluding ortho intramolecular Hbond substituents is 4. The average Bonchev–Trinajstić information content (AvgIpc) is 0.741. The van der Waals surface area contributed by atoms with Crippen molar-refractivity contribution in [3.05, 3.63) is 348 Å². The number of carbonyl (C=O) groups excluding carboxylic acids is 3. The van der Waals surface area contributed by atoms with E-state index >= 15 is 0 Å². The molecule has 0 bridgehead atoms. The smallest absolute Gasteiger partial charge is 0.356 e. The molecule has 0 saturated carbocycles. The van der Waals surface area contributed by atoms with Gasteiger partial charge in [-0.3, -0.25) is 18.9 Å². The summed E-state index contributed by atoms with van der Waals surface area (Å²) in [5.74, 6) is -3.58. The standard InChI is InChI=1S/C35H34FNO8.C29H25FNO6P.C29H24FNO4/c36-23-13-10-20(11-14-23)27(39)17-26-30(37(35(26)44)24-4-2-1-3-5-24)25-15-12-22(16-28(25)40)19-6-8-21(9-7-19)34-33(43)32(42)31(41)29(18-38)45-34;30-21-11-6-19(7-12-21)26(32)17-25-28(31(29(25)34)22-4-2-1-3-5-22)24-15-10-20(16-27(24)33)18-8-13-23(14-9-18)38(35,36)37;30-21-12-9-18(10-13-21)26(33)17-25-28(31(29(25)35)22-6-2-1-3-7-22)24-14-11-20(16-27(24)34)19-5-4-8-23(32)15-19/h1-16,26-27,29-34,38-43H,17-18H2;1-16,25-26,28,32-33H,17H2,(H2,35,36,37);1-16,25-26,28,32-34H,17H2/t26-,27-,29-,30-,31-,32+,33-,34?;2*25-,26-,28-/m111/s1. The van der Waals surface area contributed by atoms with Gasteiger partial charge in [0.25, 0.3) is 0 Å². The maximum absolute atomic E-state index is 13.4. The van der Waals surface area contributed by atoms with E-state index in [9.17, 15) is 98.1 Å². The summed E-state index contributed by atoms with van der Waals surface area (Å²) in [7, 11) is -4.37. The molecule has 4 saturated heterocycles. The number of para-hydroxylation sites is 3. The largest absolute Gasteiger partial charge is 0.508 e. The fourth-order valence-corrected chi connectivity index (χ4v) is 16.4. The van der Waals surface area contributed by atoms with Crippen LogP contribution in [0.25, 0.3) is 33.4 Å². The molecule has 3 amide bonds. The number of halogens is 3. The second kappa shape index (κ2) is 35.4. The molecular formula is C93H83F3N3O18P. The lowest BCUT2D eigenvalue weighted by Gasteiger charge is -2.48. The Kier molecular flexibility index (Phi) is 24.7. The monoisotopic (exact) mass is 1620 g/mol. The van der Waals surface area contributed by atoms with Gasteiger partial charge in [-0.15, -0.1) is 0 Å². The van der Waals surface area contributed by atoms with Crippen molar-refractivity contribution in [2.24, 2.45) is 17.8 Å². The molecule has 4 heterocycles. The predicted octanol–water partition coefficient (Wildman–Crippen LogP) is 14.1. The minimum Gasteiger partial charge on any atom is -0.508 e. The number of rotatable bonds is 21. The molecule has 14 atom stereocenters. The van der Waals surface area contributed by atoms with E-state index in [-0.39, 0.29) is 65.3 Å². The van der Waals surface area contributed by atoms with E-state index in [2.05, 4.69) is 0 Å². The quantitative estimate of drug-likeness (QED) is 0.0235. The normalized spacial score (nSPS) is 21.6. The number of phenols is 4. The highest BCUT2D eigenvalue weighted by Gasteiger charge is 2.53. The molecule has 13 N–H and O–H groups in total. The van der Waals surface area contributed by atoms with Crippen molar-refractivity contribution in [2.45, 2.75) is 86.2 Å². The molecule has 1 unspecified atom stereocenters. The number of nitrogens with zero attached hydrogens (tertiary/aromatic N) is 3. The Labute approximate surface area is 676 Å². The molecule has 4 aliphatic rings. The number of hydrogen-bond acceptors (Lipinski definition) is 16. The van der Waals surface area contributed by atoms with Gasteiger partial charge in [-0.1, -0.05) is 176 Å². The van der Waals surface area contributed by atoms with Crippen LogP contribution >= 0.6 is 7.60 Å². The van der Waals surface area contributed by atoms with Gasteiger partial charge in [-0.25, -0.2) is 13.2 Å². The number of aromatic hydroxyl groups is 4. The van der Waals surface area contributed by atoms with Gasteiger partial charge in [0.1, 0.15) is 71.0 Å². The summed E-state index contributed by atoms with van der Waals surface area (Å²) in [6.45, 7) is -0.522. The van der Waals surface area contributed by atoms with Crippen molar-refractivity contribution in [1.29, 1.82) is 0 Å². The SMILES string of the molecule is O=C1[C@H](C[C@@H](O)c2ccc(F)cc2)[C@@H](c2ccc(-c3ccc(C4O[C@H](CO)[C@@H](O)[C@H](O)[C@H]4O)cc3)cc2O)N1c1ccccc1.O=C1[C@H](C[C@@H](O)c2ccc(F)cc2)[C@@H](c2ccc(-c3ccc(P(=O)(O)O)cc3)cc2O)N1c1ccccc1.O=C1[C@H](C[C@@H](O)c2ccc(F)cc2)[C@@H](c2ccc(-c3cccc(O)c3)cc2O)N1c1ccccc1. The molecule has 4 aliphatic heterocycles. The van der Waals surface area contributed by atoms with Gasteiger partial charge in [-0.05, 0) is 190 Å². The number of anilines is 3. The van der Waals surface area contributed by atoms with E-state index in [1.807, 2.05) is 84.9 Å². The van der Waals surface area contributed by atoms with Gasteiger partial charge in [0.05, 0.1) is 66.1 Å². The molecule has 0 radical (unpaired) electrons. The Morgan fingerprint density at radius 2 is 0.686 bits per heavy atom. The van der Waals surface area contributed by atoms with Crippen LogP contribution in [0.2, 0.25) is 0 Å². The Morgan fingerprint density at radius 3 is 1.01 bits per heavy atom. The molecule has 604 valence electrons. The summed E-state index contributed by atoms with van der Waals surface area (Å²) < 4.78 is 57.2. The lowest BCUT2D eigenvalue weighted by molar-refractivity contribution is -0.231. The second-order valence-electron chi connectivity index (χ2n) is 29.5. The summed E-state index contributed by atoms with van der Waals surface area (Å²) in [5.41, 5.74) is 9.81. The van der Waals surface area contributed by atoms with Crippen LogP contribution in [0.5, 0.6) is 23.0 Å². The zero-order valence-corrected chi connectivity index (χ0v) is 63.8. The first-order valence-corrected chi connectivity index (χ1v) is 39.6. The summed E-state index contributed by atoms with van der Waals surface area (Å²) in [6, 6.07) is 77.2. The predicted molar refractivity (Wildman–Crippen MR) is 435 cm³/mol. The molecule has 12 aromatic carbocycles. The molecule has 12 aromatic rings. The Balaban J connectivity index is 0.000000147. The third-order valence-electron chi connectivity index (χ3n) is 22.2. The fraction of sp³-hybridized carbons (Fsp3) is 0.194. The van der Waals surface area contributed by atoms with Crippen LogP contribution in [-0.2, 0) is 23.7 Å². The summed E-state index contributed by atoms with van der Waals surface area (Å²) in [4.78, 5) is 63.5. The molecule has 4 fully saturated rings. The van der Waals surface area contributed by atoms with Crippen LogP contribution in [0.15, 0.2) is 291 Å². The van der Waals surface area contributed by atoms with Crippen LogP contribution in [0.3, 0.4) is 0 Å². The van der Waals surface area contributed by atoms with Crippen molar-refractivity contribution in [3.8, 4) is 56.4 Å². The van der Waals surface area contributed by atoms with Crippen molar-refractivity contribution in [3.63, 3.8) is 0 Å². The third kappa shape index (κ3) is 17.5. The molecule has 21 nitrogen and oxygen atoms in total. The first-order valence-electron chi connectivity index (χ1n) is 38.0. The molecular weight excluding hydrogens is 1530 g/mol. The Hall–Kier alpha value is -12.1. The maximum atomic E-state index is 13.4. The van der Waals surface area contributed by atoms with E-state index in [1.165, 1.54) is 84.9 Å². The highest BCUT2D eigenvalue weighted by molar-refractivity contribution is 7.60. The van der Waals surface area contributed by atoms with E-state index in [1.54, 1.807) is 136 Å². The number of aliphatic hydroxyl groups is 7. The van der Waals surface area contributed by atoms with Crippen LogP contribution in [-0.4, -0.2) is 115 Å². The zero-order chi connectivity index (χ0) is 83.4. The van der Waals surface area contributed by atoms with Crippen molar-refractivity contribution in [2.75, 3.05) is 21.3 Å². The zero-order valence-electron chi connectivity index (χ0n) is 62.9. The highest BCUT2D eigenvalue weighted by Crippen LogP contribution is 2.54. The van der Waals surface area contributed by atoms with Gasteiger partial charge in [0.2, 0.25) is 17.7 Å². The lowest BCUT2D eigenvalue weighted by atomic mass is 9.77. The third-order valence-corrected chi connectivity index (χ3v) is 23.1. The van der Waals surface area contributed by atoms with Crippen LogP contribution < -0.4 is 20.0 Å². The van der Waals surface area contributed by atoms with E-state index in [4.69, 9.17) is 4.74 Å². The molecule has 118 heavy (non-hydrogen) atoms. The first kappa shape index (κ1) is 82.4. The number of aliphatic hydroxyl groups excluding tert-OH is 7. The molecule has 0 spiro atoms.